The zero-order valence-electron chi connectivity index (χ0n) is 16.1. The molecule has 1 N–H and O–H groups in total. The highest BCUT2D eigenvalue weighted by molar-refractivity contribution is 9.10. The Hall–Kier alpha value is -3.03. The molecule has 0 radical (unpaired) electrons. The average molecular weight is 540 g/mol. The molecule has 3 aromatic carbocycles. The van der Waals surface area contributed by atoms with Gasteiger partial charge in [-0.15, -0.1) is 0 Å². The summed E-state index contributed by atoms with van der Waals surface area (Å²) in [5, 5.41) is 2.26. The molecule has 7 heteroatoms. The zero-order valence-corrected chi connectivity index (χ0v) is 19.3. The van der Waals surface area contributed by atoms with Crippen LogP contribution in [0.5, 0.6) is 0 Å². The molecule has 154 valence electrons. The smallest absolute Gasteiger partial charge is 0.273 e. The Morgan fingerprint density at radius 2 is 1.45 bits per heavy atom. The summed E-state index contributed by atoms with van der Waals surface area (Å²) in [7, 11) is 0. The second-order valence-corrected chi connectivity index (χ2v) is 8.67. The fourth-order valence-electron chi connectivity index (χ4n) is 3.32. The molecule has 0 aliphatic carbocycles. The Morgan fingerprint density at radius 3 is 2.16 bits per heavy atom. The number of amides is 4. The number of carbonyl (C=O) groups excluding carboxylic acids is 3. The van der Waals surface area contributed by atoms with Gasteiger partial charge in [0.25, 0.3) is 11.8 Å². The van der Waals surface area contributed by atoms with Crippen LogP contribution >= 0.6 is 31.9 Å². The minimum atomic E-state index is -0.768. The number of barbiturate groups is 1. The first-order valence-electron chi connectivity index (χ1n) is 9.42. The standard InChI is InChI=1S/C24H16Br2N2O3/c25-18-9-11-19(12-10-18)28-23(30)20(22(29)27-24(28)31)14-16-6-2-1-5-15(16)13-17-7-3-4-8-21(17)26/h1-12,14H,13H2,(H,27,29,31)/b20-14+. The van der Waals surface area contributed by atoms with Crippen molar-refractivity contribution in [2.24, 2.45) is 0 Å². The first kappa shape index (κ1) is 21.2. The molecule has 0 atom stereocenters. The fourth-order valence-corrected chi connectivity index (χ4v) is 4.01. The fraction of sp³-hybridized carbons (Fsp3) is 0.0417. The van der Waals surface area contributed by atoms with Crippen molar-refractivity contribution in [3.8, 4) is 0 Å². The molecular weight excluding hydrogens is 524 g/mol. The maximum atomic E-state index is 13.1. The van der Waals surface area contributed by atoms with Gasteiger partial charge >= 0.3 is 6.03 Å². The van der Waals surface area contributed by atoms with E-state index in [-0.39, 0.29) is 5.57 Å². The second-order valence-electron chi connectivity index (χ2n) is 6.90. The summed E-state index contributed by atoms with van der Waals surface area (Å²) >= 11 is 6.89. The van der Waals surface area contributed by atoms with Crippen LogP contribution in [-0.2, 0) is 16.0 Å². The predicted octanol–water partition coefficient (Wildman–Crippen LogP) is 5.47. The van der Waals surface area contributed by atoms with Crippen molar-refractivity contribution in [3.05, 3.63) is 104 Å². The van der Waals surface area contributed by atoms with Crippen LogP contribution in [0.3, 0.4) is 0 Å². The van der Waals surface area contributed by atoms with Crippen molar-refractivity contribution in [1.82, 2.24) is 5.32 Å². The van der Waals surface area contributed by atoms with Crippen LogP contribution in [0.1, 0.15) is 16.7 Å². The first-order valence-corrected chi connectivity index (χ1v) is 11.0. The Morgan fingerprint density at radius 1 is 0.806 bits per heavy atom. The van der Waals surface area contributed by atoms with Crippen LogP contribution in [0.2, 0.25) is 0 Å². The molecule has 1 heterocycles. The van der Waals surface area contributed by atoms with Gasteiger partial charge in [-0.3, -0.25) is 14.9 Å². The van der Waals surface area contributed by atoms with Crippen LogP contribution in [0.15, 0.2) is 87.3 Å². The lowest BCUT2D eigenvalue weighted by atomic mass is 9.97. The Balaban J connectivity index is 1.71. The van der Waals surface area contributed by atoms with Gasteiger partial charge in [0, 0.05) is 8.95 Å². The summed E-state index contributed by atoms with van der Waals surface area (Å²) in [6.07, 6.45) is 2.16. The van der Waals surface area contributed by atoms with Crippen molar-refractivity contribution < 1.29 is 14.4 Å². The maximum Gasteiger partial charge on any atom is 0.335 e. The van der Waals surface area contributed by atoms with Crippen LogP contribution in [0.4, 0.5) is 10.5 Å². The van der Waals surface area contributed by atoms with E-state index in [0.717, 1.165) is 30.5 Å². The first-order chi connectivity index (χ1) is 14.9. The van der Waals surface area contributed by atoms with E-state index in [1.54, 1.807) is 30.3 Å². The summed E-state index contributed by atoms with van der Waals surface area (Å²) in [4.78, 5) is 39.0. The molecule has 0 spiro atoms. The van der Waals surface area contributed by atoms with Crippen molar-refractivity contribution in [3.63, 3.8) is 0 Å². The van der Waals surface area contributed by atoms with Gasteiger partial charge in [-0.2, -0.15) is 0 Å². The Bertz CT molecular complexity index is 1220. The number of hydrogen-bond acceptors (Lipinski definition) is 3. The summed E-state index contributed by atoms with van der Waals surface area (Å²) in [6.45, 7) is 0. The molecule has 0 bridgehead atoms. The number of hydrogen-bond donors (Lipinski definition) is 1. The van der Waals surface area contributed by atoms with E-state index < -0.39 is 17.8 Å². The Labute approximate surface area is 196 Å². The van der Waals surface area contributed by atoms with E-state index >= 15 is 0 Å². The summed E-state index contributed by atoms with van der Waals surface area (Å²) in [5.41, 5.74) is 3.06. The van der Waals surface area contributed by atoms with Gasteiger partial charge in [0.2, 0.25) is 0 Å². The lowest BCUT2D eigenvalue weighted by Crippen LogP contribution is -2.54. The highest BCUT2D eigenvalue weighted by Gasteiger charge is 2.36. The molecule has 3 aromatic rings. The molecule has 4 amide bonds. The van der Waals surface area contributed by atoms with Crippen LogP contribution in [0, 0.1) is 0 Å². The Kier molecular flexibility index (Phi) is 6.15. The molecule has 1 aliphatic heterocycles. The van der Waals surface area contributed by atoms with E-state index in [4.69, 9.17) is 0 Å². The summed E-state index contributed by atoms with van der Waals surface area (Å²) in [5.74, 6) is -1.37. The highest BCUT2D eigenvalue weighted by Crippen LogP contribution is 2.26. The number of benzene rings is 3. The lowest BCUT2D eigenvalue weighted by Gasteiger charge is -2.26. The van der Waals surface area contributed by atoms with Gasteiger partial charge in [-0.1, -0.05) is 74.3 Å². The highest BCUT2D eigenvalue weighted by atomic mass is 79.9. The normalized spacial score (nSPS) is 15.4. The summed E-state index contributed by atoms with van der Waals surface area (Å²) in [6, 6.07) is 21.4. The molecule has 4 rings (SSSR count). The summed E-state index contributed by atoms with van der Waals surface area (Å²) < 4.78 is 1.80. The maximum absolute atomic E-state index is 13.1. The quantitative estimate of drug-likeness (QED) is 0.353. The molecule has 1 saturated heterocycles. The largest absolute Gasteiger partial charge is 0.335 e. The van der Waals surface area contributed by atoms with Crippen molar-refractivity contribution >= 4 is 61.5 Å². The molecular formula is C24H16Br2N2O3. The number of imide groups is 2. The van der Waals surface area contributed by atoms with E-state index in [1.807, 2.05) is 48.5 Å². The average Bonchev–Trinajstić information content (AvgIpc) is 2.75. The molecule has 31 heavy (non-hydrogen) atoms. The third-order valence-corrected chi connectivity index (χ3v) is 6.18. The van der Waals surface area contributed by atoms with E-state index in [0.29, 0.717) is 12.1 Å². The number of nitrogens with one attached hydrogen (secondary N) is 1. The topological polar surface area (TPSA) is 66.5 Å². The number of nitrogens with zero attached hydrogens (tertiary/aromatic N) is 1. The monoisotopic (exact) mass is 538 g/mol. The SMILES string of the molecule is O=C1NC(=O)N(c2ccc(Br)cc2)C(=O)/C1=C/c1ccccc1Cc1ccccc1Br. The molecule has 5 nitrogen and oxygen atoms in total. The molecule has 0 unspecified atom stereocenters. The molecule has 1 fully saturated rings. The van der Waals surface area contributed by atoms with Gasteiger partial charge in [0.15, 0.2) is 0 Å². The van der Waals surface area contributed by atoms with Gasteiger partial charge in [0.1, 0.15) is 5.57 Å². The minimum Gasteiger partial charge on any atom is -0.273 e. The third-order valence-electron chi connectivity index (χ3n) is 4.88. The second kappa shape index (κ2) is 8.99. The van der Waals surface area contributed by atoms with E-state index in [9.17, 15) is 14.4 Å². The van der Waals surface area contributed by atoms with Crippen molar-refractivity contribution in [2.75, 3.05) is 4.90 Å². The third kappa shape index (κ3) is 4.52. The number of halogens is 2. The van der Waals surface area contributed by atoms with Crippen LogP contribution in [-0.4, -0.2) is 17.8 Å². The minimum absolute atomic E-state index is 0.0953. The number of urea groups is 1. The molecule has 0 saturated carbocycles. The van der Waals surface area contributed by atoms with E-state index in [2.05, 4.69) is 37.2 Å². The van der Waals surface area contributed by atoms with Gasteiger partial charge in [0.05, 0.1) is 5.69 Å². The van der Waals surface area contributed by atoms with Gasteiger partial charge in [-0.05, 0) is 59.5 Å². The van der Waals surface area contributed by atoms with Gasteiger partial charge < -0.3 is 0 Å². The lowest BCUT2D eigenvalue weighted by molar-refractivity contribution is -0.122. The zero-order chi connectivity index (χ0) is 22.0. The van der Waals surface area contributed by atoms with Crippen LogP contribution < -0.4 is 10.2 Å². The number of anilines is 1. The van der Waals surface area contributed by atoms with Crippen molar-refractivity contribution in [2.45, 2.75) is 6.42 Å². The molecule has 1 aliphatic rings. The number of rotatable bonds is 4. The predicted molar refractivity (Wildman–Crippen MR) is 127 cm³/mol. The number of carbonyl (C=O) groups is 3. The van der Waals surface area contributed by atoms with Crippen LogP contribution in [0.25, 0.3) is 6.08 Å². The van der Waals surface area contributed by atoms with Gasteiger partial charge in [-0.25, -0.2) is 9.69 Å². The van der Waals surface area contributed by atoms with Crippen molar-refractivity contribution in [1.29, 1.82) is 0 Å². The molecule has 0 aromatic heterocycles. The van der Waals surface area contributed by atoms with E-state index in [1.165, 1.54) is 0 Å².